The van der Waals surface area contributed by atoms with Gasteiger partial charge in [0.2, 0.25) is 0 Å². The third-order valence-corrected chi connectivity index (χ3v) is 7.30. The van der Waals surface area contributed by atoms with Crippen LogP contribution in [0.5, 0.6) is 0 Å². The van der Waals surface area contributed by atoms with E-state index in [0.29, 0.717) is 18.7 Å². The number of carbonyl (C=O) groups excluding carboxylic acids is 1. The van der Waals surface area contributed by atoms with Gasteiger partial charge in [0.15, 0.2) is 0 Å². The molecule has 0 bridgehead atoms. The third-order valence-electron chi connectivity index (χ3n) is 7.30. The van der Waals surface area contributed by atoms with Gasteiger partial charge in [0.25, 0.3) is 0 Å². The fraction of sp³-hybridized carbons (Fsp3) is 0.267. The normalized spacial score (nSPS) is 14.2. The van der Waals surface area contributed by atoms with Gasteiger partial charge in [0.05, 0.1) is 22.8 Å². The van der Waals surface area contributed by atoms with Crippen LogP contribution in [0.15, 0.2) is 60.7 Å². The number of anilines is 1. The summed E-state index contributed by atoms with van der Waals surface area (Å²) in [6, 6.07) is 17.6. The molecule has 2 amide bonds. The predicted molar refractivity (Wildman–Crippen MR) is 145 cm³/mol. The van der Waals surface area contributed by atoms with Gasteiger partial charge in [0.1, 0.15) is 11.6 Å². The molecule has 4 aromatic rings. The number of nitrogens with zero attached hydrogens (tertiary/aromatic N) is 3. The number of benzene rings is 3. The molecule has 6 nitrogen and oxygen atoms in total. The van der Waals surface area contributed by atoms with Gasteiger partial charge < -0.3 is 11.1 Å². The lowest BCUT2D eigenvalue weighted by molar-refractivity contribution is 0.174. The Morgan fingerprint density at radius 3 is 2.42 bits per heavy atom. The van der Waals surface area contributed by atoms with Gasteiger partial charge in [-0.05, 0) is 43.0 Å². The van der Waals surface area contributed by atoms with E-state index >= 15 is 8.78 Å². The van der Waals surface area contributed by atoms with Crippen LogP contribution in [0.3, 0.4) is 0 Å². The fourth-order valence-electron chi connectivity index (χ4n) is 5.58. The molecule has 0 saturated heterocycles. The number of hydrogen-bond acceptors (Lipinski definition) is 3. The second kappa shape index (κ2) is 10.4. The standard InChI is InChI=1S/C30H31F2N5O/c1-4-27(20-11-6-5-7-12-20)36-14-13-25-22(17-36)29(37(35-25)28-18(2)9-8-10-19(28)3)21-15-24(32)26(16-23(21)31)34-30(33)38/h5-12,15-16,27H,4,13-14,17H2,1-3H3,(H3,33,34,38)/t27-/m1/s1. The summed E-state index contributed by atoms with van der Waals surface area (Å²) in [5, 5.41) is 7.12. The summed E-state index contributed by atoms with van der Waals surface area (Å²) < 4.78 is 32.6. The van der Waals surface area contributed by atoms with E-state index in [0.717, 1.165) is 53.2 Å². The van der Waals surface area contributed by atoms with Crippen molar-refractivity contribution in [1.82, 2.24) is 14.7 Å². The molecule has 196 valence electrons. The minimum absolute atomic E-state index is 0.0866. The van der Waals surface area contributed by atoms with Crippen LogP contribution in [-0.2, 0) is 13.0 Å². The van der Waals surface area contributed by atoms with Crippen molar-refractivity contribution in [2.24, 2.45) is 5.73 Å². The minimum Gasteiger partial charge on any atom is -0.351 e. The van der Waals surface area contributed by atoms with E-state index in [4.69, 9.17) is 10.8 Å². The molecular weight excluding hydrogens is 484 g/mol. The Labute approximate surface area is 221 Å². The van der Waals surface area contributed by atoms with Crippen LogP contribution in [0.2, 0.25) is 0 Å². The maximum Gasteiger partial charge on any atom is 0.316 e. The first-order chi connectivity index (χ1) is 18.3. The lowest BCUT2D eigenvalue weighted by Crippen LogP contribution is -2.34. The molecule has 0 radical (unpaired) electrons. The third kappa shape index (κ3) is 4.67. The highest BCUT2D eigenvalue weighted by Gasteiger charge is 2.31. The first-order valence-electron chi connectivity index (χ1n) is 12.8. The van der Waals surface area contributed by atoms with Crippen LogP contribution >= 0.6 is 0 Å². The average Bonchev–Trinajstić information content (AvgIpc) is 3.25. The highest BCUT2D eigenvalue weighted by Crippen LogP contribution is 2.39. The van der Waals surface area contributed by atoms with Crippen molar-refractivity contribution in [1.29, 1.82) is 0 Å². The van der Waals surface area contributed by atoms with Crippen molar-refractivity contribution in [2.45, 2.75) is 46.2 Å². The van der Waals surface area contributed by atoms with E-state index in [1.54, 1.807) is 4.68 Å². The molecule has 3 N–H and O–H groups in total. The molecule has 0 fully saturated rings. The molecule has 1 aromatic heterocycles. The number of hydrogen-bond donors (Lipinski definition) is 2. The maximum atomic E-state index is 15.7. The summed E-state index contributed by atoms with van der Waals surface area (Å²) in [6.45, 7) is 7.48. The second-order valence-corrected chi connectivity index (χ2v) is 9.78. The van der Waals surface area contributed by atoms with Gasteiger partial charge in [-0.1, -0.05) is 55.5 Å². The first kappa shape index (κ1) is 25.6. The summed E-state index contributed by atoms with van der Waals surface area (Å²) in [5.41, 5.74) is 11.2. The largest absolute Gasteiger partial charge is 0.351 e. The molecule has 1 atom stereocenters. The zero-order valence-electron chi connectivity index (χ0n) is 21.8. The van der Waals surface area contributed by atoms with Gasteiger partial charge >= 0.3 is 6.03 Å². The number of urea groups is 1. The molecule has 2 heterocycles. The zero-order chi connectivity index (χ0) is 27.0. The quantitative estimate of drug-likeness (QED) is 0.311. The minimum atomic E-state index is -0.962. The van der Waals surface area contributed by atoms with E-state index < -0.39 is 17.7 Å². The number of amides is 2. The molecule has 3 aromatic carbocycles. The number of primary amides is 1. The van der Waals surface area contributed by atoms with E-state index in [-0.39, 0.29) is 17.3 Å². The Morgan fingerprint density at radius 2 is 1.76 bits per heavy atom. The Hall–Kier alpha value is -4.04. The van der Waals surface area contributed by atoms with E-state index in [1.165, 1.54) is 5.56 Å². The highest BCUT2D eigenvalue weighted by atomic mass is 19.1. The Kier molecular flexibility index (Phi) is 6.99. The van der Waals surface area contributed by atoms with Crippen LogP contribution in [0.4, 0.5) is 19.3 Å². The fourth-order valence-corrected chi connectivity index (χ4v) is 5.58. The van der Waals surface area contributed by atoms with Gasteiger partial charge in [-0.2, -0.15) is 5.10 Å². The van der Waals surface area contributed by atoms with Crippen molar-refractivity contribution in [3.05, 3.63) is 100 Å². The predicted octanol–water partition coefficient (Wildman–Crippen LogP) is 6.43. The highest BCUT2D eigenvalue weighted by molar-refractivity contribution is 5.88. The number of aromatic nitrogens is 2. The lowest BCUT2D eigenvalue weighted by Gasteiger charge is -2.34. The molecule has 5 rings (SSSR count). The molecule has 8 heteroatoms. The number of fused-ring (bicyclic) bond motifs is 1. The summed E-state index contributed by atoms with van der Waals surface area (Å²) in [6.07, 6.45) is 1.60. The van der Waals surface area contributed by atoms with Crippen molar-refractivity contribution >= 4 is 11.7 Å². The number of halogens is 2. The Bertz CT molecular complexity index is 1480. The van der Waals surface area contributed by atoms with Crippen molar-refractivity contribution in [3.63, 3.8) is 0 Å². The summed E-state index contributed by atoms with van der Waals surface area (Å²) in [7, 11) is 0. The number of para-hydroxylation sites is 1. The summed E-state index contributed by atoms with van der Waals surface area (Å²) >= 11 is 0. The SMILES string of the molecule is CC[C@H](c1ccccc1)N1CCc2nn(-c3c(C)cccc3C)c(-c3cc(F)c(NC(N)=O)cc3F)c2C1. The number of rotatable bonds is 6. The lowest BCUT2D eigenvalue weighted by atomic mass is 9.95. The number of nitrogens with two attached hydrogens (primary N) is 1. The van der Waals surface area contributed by atoms with E-state index in [9.17, 15) is 4.79 Å². The molecule has 38 heavy (non-hydrogen) atoms. The second-order valence-electron chi connectivity index (χ2n) is 9.78. The maximum absolute atomic E-state index is 15.7. The summed E-state index contributed by atoms with van der Waals surface area (Å²) in [5.74, 6) is -1.44. The number of nitrogens with one attached hydrogen (secondary N) is 1. The molecular formula is C30H31F2N5O. The van der Waals surface area contributed by atoms with Crippen LogP contribution < -0.4 is 11.1 Å². The van der Waals surface area contributed by atoms with E-state index in [2.05, 4.69) is 29.3 Å². The van der Waals surface area contributed by atoms with Crippen LogP contribution in [0, 0.1) is 25.5 Å². The first-order valence-corrected chi connectivity index (χ1v) is 12.8. The monoisotopic (exact) mass is 515 g/mol. The molecule has 0 spiro atoms. The molecule has 0 unspecified atom stereocenters. The van der Waals surface area contributed by atoms with Crippen molar-refractivity contribution in [3.8, 4) is 16.9 Å². The van der Waals surface area contributed by atoms with Crippen molar-refractivity contribution in [2.75, 3.05) is 11.9 Å². The van der Waals surface area contributed by atoms with Gasteiger partial charge in [-0.15, -0.1) is 0 Å². The number of aryl methyl sites for hydroxylation is 2. The molecule has 0 saturated carbocycles. The topological polar surface area (TPSA) is 76.2 Å². The zero-order valence-corrected chi connectivity index (χ0v) is 21.8. The summed E-state index contributed by atoms with van der Waals surface area (Å²) in [4.78, 5) is 13.7. The van der Waals surface area contributed by atoms with E-state index in [1.807, 2.05) is 50.2 Å². The Balaban J connectivity index is 1.69. The Morgan fingerprint density at radius 1 is 1.05 bits per heavy atom. The van der Waals surface area contributed by atoms with Crippen molar-refractivity contribution < 1.29 is 13.6 Å². The van der Waals surface area contributed by atoms with Crippen LogP contribution in [0.1, 0.15) is 47.3 Å². The molecule has 1 aliphatic heterocycles. The van der Waals surface area contributed by atoms with Gasteiger partial charge in [-0.25, -0.2) is 18.3 Å². The van der Waals surface area contributed by atoms with Gasteiger partial charge in [-0.3, -0.25) is 4.90 Å². The van der Waals surface area contributed by atoms with Crippen LogP contribution in [0.25, 0.3) is 16.9 Å². The smallest absolute Gasteiger partial charge is 0.316 e. The average molecular weight is 516 g/mol. The van der Waals surface area contributed by atoms with Crippen LogP contribution in [-0.4, -0.2) is 27.3 Å². The molecule has 0 aliphatic carbocycles. The van der Waals surface area contributed by atoms with Gasteiger partial charge in [0, 0.05) is 42.7 Å². The number of carbonyl (C=O) groups is 1. The molecule has 1 aliphatic rings.